The predicted octanol–water partition coefficient (Wildman–Crippen LogP) is 14.4. The van der Waals surface area contributed by atoms with Crippen molar-refractivity contribution in [1.82, 2.24) is 5.32 Å². The highest BCUT2D eigenvalue weighted by molar-refractivity contribution is 5.76. The first-order chi connectivity index (χ1) is 25.2. The molecule has 0 aliphatic heterocycles. The normalized spacial score (nSPS) is 13.1. The van der Waals surface area contributed by atoms with Crippen LogP contribution in [0, 0.1) is 0 Å². The van der Waals surface area contributed by atoms with Crippen molar-refractivity contribution in [2.24, 2.45) is 0 Å². The summed E-state index contributed by atoms with van der Waals surface area (Å²) in [6.45, 7) is 4.29. The maximum absolute atomic E-state index is 12.3. The summed E-state index contributed by atoms with van der Waals surface area (Å²) in [7, 11) is 0. The van der Waals surface area contributed by atoms with Crippen LogP contribution in [0.4, 0.5) is 0 Å². The Hall–Kier alpha value is -1.13. The molecule has 0 radical (unpaired) electrons. The van der Waals surface area contributed by atoms with Gasteiger partial charge < -0.3 is 15.5 Å². The Kier molecular flexibility index (Phi) is 42.3. The minimum atomic E-state index is -0.857. The highest BCUT2D eigenvalue weighted by Gasteiger charge is 2.17. The summed E-state index contributed by atoms with van der Waals surface area (Å²) < 4.78 is 0. The number of rotatable bonds is 42. The molecule has 0 spiro atoms. The summed E-state index contributed by atoms with van der Waals surface area (Å²) in [5, 5.41) is 22.9. The second-order valence-electron chi connectivity index (χ2n) is 15.8. The van der Waals surface area contributed by atoms with Crippen LogP contribution in [0.2, 0.25) is 0 Å². The van der Waals surface area contributed by atoms with Gasteiger partial charge in [0, 0.05) is 6.42 Å². The lowest BCUT2D eigenvalue weighted by Gasteiger charge is -2.19. The van der Waals surface area contributed by atoms with Crippen molar-refractivity contribution in [2.45, 2.75) is 264 Å². The zero-order chi connectivity index (χ0) is 37.1. The quantitative estimate of drug-likeness (QED) is 0.0435. The number of unbranched alkanes of at least 4 members (excludes halogenated alkanes) is 33. The molecule has 4 nitrogen and oxygen atoms in total. The molecule has 3 N–H and O–H groups in total. The minimum absolute atomic E-state index is 0.0758. The van der Waals surface area contributed by atoms with E-state index in [9.17, 15) is 15.0 Å². The van der Waals surface area contributed by atoms with Crippen LogP contribution in [-0.2, 0) is 4.79 Å². The molecule has 1 amide bonds. The Balaban J connectivity index is 3.46. The Labute approximate surface area is 319 Å². The molecular formula is C47H91NO3. The third kappa shape index (κ3) is 39.9. The van der Waals surface area contributed by atoms with E-state index in [1.54, 1.807) is 6.08 Å². The average molecular weight is 718 g/mol. The molecule has 0 aromatic heterocycles. The molecule has 302 valence electrons. The van der Waals surface area contributed by atoms with Gasteiger partial charge >= 0.3 is 0 Å². The molecular weight excluding hydrogens is 627 g/mol. The molecule has 0 saturated heterocycles. The van der Waals surface area contributed by atoms with Crippen molar-refractivity contribution in [2.75, 3.05) is 6.61 Å². The summed E-state index contributed by atoms with van der Waals surface area (Å²) in [4.78, 5) is 12.3. The van der Waals surface area contributed by atoms with E-state index >= 15 is 0 Å². The molecule has 0 fully saturated rings. The zero-order valence-corrected chi connectivity index (χ0v) is 34.6. The fourth-order valence-corrected chi connectivity index (χ4v) is 7.14. The standard InChI is InChI=1S/C47H91NO3/c1-3-5-7-9-11-13-14-15-16-17-18-19-20-21-22-23-24-25-26-27-28-29-30-31-32-33-35-36-38-40-42-46(50)45(44-49)48-47(51)43-41-39-37-34-12-10-8-6-4-2/h33,35,40,42,45-46,49-50H,3-32,34,36-39,41,43-44H2,1-2H3,(H,48,51)/b35-33+,42-40+. The van der Waals surface area contributed by atoms with Crippen LogP contribution in [0.15, 0.2) is 24.3 Å². The van der Waals surface area contributed by atoms with Gasteiger partial charge in [-0.15, -0.1) is 0 Å². The molecule has 0 rings (SSSR count). The van der Waals surface area contributed by atoms with Crippen molar-refractivity contribution in [3.05, 3.63) is 24.3 Å². The van der Waals surface area contributed by atoms with Crippen molar-refractivity contribution in [1.29, 1.82) is 0 Å². The van der Waals surface area contributed by atoms with E-state index < -0.39 is 12.1 Å². The smallest absolute Gasteiger partial charge is 0.220 e. The van der Waals surface area contributed by atoms with Gasteiger partial charge in [-0.05, 0) is 32.1 Å². The summed E-state index contributed by atoms with van der Waals surface area (Å²) in [5.41, 5.74) is 0. The van der Waals surface area contributed by atoms with Gasteiger partial charge in [-0.25, -0.2) is 0 Å². The van der Waals surface area contributed by atoms with E-state index in [-0.39, 0.29) is 12.5 Å². The molecule has 2 unspecified atom stereocenters. The highest BCUT2D eigenvalue weighted by Crippen LogP contribution is 2.16. The Morgan fingerprint density at radius 2 is 0.765 bits per heavy atom. The van der Waals surface area contributed by atoms with Crippen molar-refractivity contribution >= 4 is 5.91 Å². The van der Waals surface area contributed by atoms with Gasteiger partial charge in [0.05, 0.1) is 18.8 Å². The van der Waals surface area contributed by atoms with Crippen molar-refractivity contribution < 1.29 is 15.0 Å². The molecule has 0 saturated carbocycles. The molecule has 0 bridgehead atoms. The summed E-state index contributed by atoms with van der Waals surface area (Å²) >= 11 is 0. The van der Waals surface area contributed by atoms with Gasteiger partial charge in [0.2, 0.25) is 5.91 Å². The minimum Gasteiger partial charge on any atom is -0.394 e. The Morgan fingerprint density at radius 1 is 0.451 bits per heavy atom. The van der Waals surface area contributed by atoms with Crippen LogP contribution in [-0.4, -0.2) is 34.9 Å². The summed E-state index contributed by atoms with van der Waals surface area (Å²) in [5.74, 6) is -0.0758. The lowest BCUT2D eigenvalue weighted by Crippen LogP contribution is -2.45. The Morgan fingerprint density at radius 3 is 1.14 bits per heavy atom. The number of carbonyl (C=O) groups excluding carboxylic acids is 1. The van der Waals surface area contributed by atoms with Crippen molar-refractivity contribution in [3.63, 3.8) is 0 Å². The number of aliphatic hydroxyl groups is 2. The maximum atomic E-state index is 12.3. The van der Waals surface area contributed by atoms with Gasteiger partial charge in [0.15, 0.2) is 0 Å². The lowest BCUT2D eigenvalue weighted by molar-refractivity contribution is -0.123. The number of hydrogen-bond donors (Lipinski definition) is 3. The van der Waals surface area contributed by atoms with E-state index in [0.29, 0.717) is 6.42 Å². The number of hydrogen-bond acceptors (Lipinski definition) is 3. The highest BCUT2D eigenvalue weighted by atomic mass is 16.3. The second-order valence-corrected chi connectivity index (χ2v) is 15.8. The van der Waals surface area contributed by atoms with Gasteiger partial charge in [-0.2, -0.15) is 0 Å². The average Bonchev–Trinajstić information content (AvgIpc) is 3.13. The van der Waals surface area contributed by atoms with Crippen LogP contribution >= 0.6 is 0 Å². The first-order valence-corrected chi connectivity index (χ1v) is 23.1. The SMILES string of the molecule is CCCCCCCCCCCCCCCCCCCCCCCCCC/C=C/CC/C=C/C(O)C(CO)NC(=O)CCCCCCCCCCC. The molecule has 0 aliphatic rings. The fourth-order valence-electron chi connectivity index (χ4n) is 7.14. The largest absolute Gasteiger partial charge is 0.394 e. The summed E-state index contributed by atoms with van der Waals surface area (Å²) in [6, 6.07) is -0.633. The first kappa shape index (κ1) is 49.9. The van der Waals surface area contributed by atoms with Gasteiger partial charge in [-0.3, -0.25) is 4.79 Å². The van der Waals surface area contributed by atoms with E-state index in [4.69, 9.17) is 0 Å². The summed E-state index contributed by atoms with van der Waals surface area (Å²) in [6.07, 6.45) is 56.1. The monoisotopic (exact) mass is 718 g/mol. The van der Waals surface area contributed by atoms with Crippen LogP contribution in [0.5, 0.6) is 0 Å². The molecule has 4 heteroatoms. The third-order valence-corrected chi connectivity index (χ3v) is 10.7. The number of amides is 1. The number of carbonyl (C=O) groups is 1. The van der Waals surface area contributed by atoms with Gasteiger partial charge in [0.25, 0.3) is 0 Å². The van der Waals surface area contributed by atoms with E-state index in [1.165, 1.54) is 199 Å². The predicted molar refractivity (Wildman–Crippen MR) is 225 cm³/mol. The first-order valence-electron chi connectivity index (χ1n) is 23.1. The second kappa shape index (κ2) is 43.3. The van der Waals surface area contributed by atoms with Gasteiger partial charge in [0.1, 0.15) is 0 Å². The van der Waals surface area contributed by atoms with E-state index in [1.807, 2.05) is 6.08 Å². The maximum Gasteiger partial charge on any atom is 0.220 e. The number of nitrogens with one attached hydrogen (secondary N) is 1. The molecule has 0 heterocycles. The molecule has 51 heavy (non-hydrogen) atoms. The fraction of sp³-hybridized carbons (Fsp3) is 0.894. The molecule has 2 atom stereocenters. The van der Waals surface area contributed by atoms with Crippen LogP contribution in [0.3, 0.4) is 0 Å². The molecule has 0 aromatic rings. The van der Waals surface area contributed by atoms with E-state index in [2.05, 4.69) is 31.3 Å². The van der Waals surface area contributed by atoms with E-state index in [0.717, 1.165) is 32.1 Å². The zero-order valence-electron chi connectivity index (χ0n) is 34.6. The lowest BCUT2D eigenvalue weighted by atomic mass is 10.0. The van der Waals surface area contributed by atoms with Crippen LogP contribution in [0.1, 0.15) is 251 Å². The molecule has 0 aliphatic carbocycles. The molecule has 0 aromatic carbocycles. The van der Waals surface area contributed by atoms with Crippen molar-refractivity contribution in [3.8, 4) is 0 Å². The van der Waals surface area contributed by atoms with Crippen LogP contribution < -0.4 is 5.32 Å². The Bertz CT molecular complexity index is 735. The van der Waals surface area contributed by atoms with Gasteiger partial charge in [-0.1, -0.05) is 237 Å². The number of allylic oxidation sites excluding steroid dienone is 3. The van der Waals surface area contributed by atoms with Crippen LogP contribution in [0.25, 0.3) is 0 Å². The third-order valence-electron chi connectivity index (χ3n) is 10.7. The number of aliphatic hydroxyl groups excluding tert-OH is 2. The topological polar surface area (TPSA) is 69.6 Å².